The molecule has 2 rings (SSSR count). The monoisotopic (exact) mass is 278 g/mol. The lowest BCUT2D eigenvalue weighted by Crippen LogP contribution is -2.29. The van der Waals surface area contributed by atoms with Gasteiger partial charge >= 0.3 is 0 Å². The third-order valence-electron chi connectivity index (χ3n) is 4.15. The van der Waals surface area contributed by atoms with Crippen LogP contribution >= 0.6 is 0 Å². The summed E-state index contributed by atoms with van der Waals surface area (Å²) in [5.41, 5.74) is 8.03. The van der Waals surface area contributed by atoms with Crippen LogP contribution in [0.15, 0.2) is 18.2 Å². The third-order valence-corrected chi connectivity index (χ3v) is 4.15. The molecule has 1 aliphatic rings. The van der Waals surface area contributed by atoms with E-state index in [1.165, 1.54) is 18.4 Å². The van der Waals surface area contributed by atoms with Crippen molar-refractivity contribution in [3.8, 4) is 5.75 Å². The Bertz CT molecular complexity index is 423. The molecule has 1 aliphatic heterocycles. The number of nitrogens with two attached hydrogens (primary N) is 1. The van der Waals surface area contributed by atoms with Gasteiger partial charge in [-0.15, -0.1) is 0 Å². The summed E-state index contributed by atoms with van der Waals surface area (Å²) in [6.07, 6.45) is 4.50. The van der Waals surface area contributed by atoms with Gasteiger partial charge in [-0.25, -0.2) is 0 Å². The average Bonchev–Trinajstić information content (AvgIpc) is 2.92. The van der Waals surface area contributed by atoms with Crippen LogP contribution in [0.4, 0.5) is 0 Å². The van der Waals surface area contributed by atoms with Gasteiger partial charge in [-0.05, 0) is 43.9 Å². The summed E-state index contributed by atoms with van der Waals surface area (Å²) in [6, 6.07) is 6.92. The number of benzene rings is 1. The Morgan fingerprint density at radius 1 is 1.45 bits per heavy atom. The Morgan fingerprint density at radius 3 is 3.00 bits per heavy atom. The number of aliphatic hydroxyl groups excluding tert-OH is 1. The lowest BCUT2D eigenvalue weighted by Gasteiger charge is -2.24. The van der Waals surface area contributed by atoms with E-state index < -0.39 is 0 Å². The maximum Gasteiger partial charge on any atom is 0.123 e. The van der Waals surface area contributed by atoms with Crippen molar-refractivity contribution in [2.45, 2.75) is 44.8 Å². The Morgan fingerprint density at radius 2 is 2.30 bits per heavy atom. The van der Waals surface area contributed by atoms with Crippen LogP contribution in [0.1, 0.15) is 36.8 Å². The van der Waals surface area contributed by atoms with Crippen molar-refractivity contribution in [2.24, 2.45) is 5.73 Å². The fourth-order valence-corrected chi connectivity index (χ4v) is 3.05. The zero-order chi connectivity index (χ0) is 14.4. The largest absolute Gasteiger partial charge is 0.496 e. The lowest BCUT2D eigenvalue weighted by atomic mass is 10.1. The maximum atomic E-state index is 8.98. The van der Waals surface area contributed by atoms with Gasteiger partial charge in [-0.1, -0.05) is 12.1 Å². The SMILES string of the molecule is COc1cc(CN2CCCC2CCCO)ccc1CN. The zero-order valence-electron chi connectivity index (χ0n) is 12.3. The lowest BCUT2D eigenvalue weighted by molar-refractivity contribution is 0.210. The molecular formula is C16H26N2O2. The Hall–Kier alpha value is -1.10. The molecule has 112 valence electrons. The van der Waals surface area contributed by atoms with Crippen LogP contribution in [-0.2, 0) is 13.1 Å². The number of rotatable bonds is 7. The van der Waals surface area contributed by atoms with Gasteiger partial charge in [0.1, 0.15) is 5.75 Å². The minimum absolute atomic E-state index is 0.295. The zero-order valence-corrected chi connectivity index (χ0v) is 12.3. The first-order valence-electron chi connectivity index (χ1n) is 7.49. The highest BCUT2D eigenvalue weighted by Gasteiger charge is 2.23. The summed E-state index contributed by atoms with van der Waals surface area (Å²) in [5.74, 6) is 0.885. The van der Waals surface area contributed by atoms with Crippen LogP contribution in [0.3, 0.4) is 0 Å². The second-order valence-corrected chi connectivity index (χ2v) is 5.48. The highest BCUT2D eigenvalue weighted by atomic mass is 16.5. The van der Waals surface area contributed by atoms with Gasteiger partial charge in [-0.2, -0.15) is 0 Å². The van der Waals surface area contributed by atoms with E-state index in [2.05, 4.69) is 23.1 Å². The molecule has 4 heteroatoms. The molecule has 0 aromatic heterocycles. The summed E-state index contributed by atoms with van der Waals surface area (Å²) in [7, 11) is 1.69. The molecule has 3 N–H and O–H groups in total. The van der Waals surface area contributed by atoms with Gasteiger partial charge in [0, 0.05) is 31.3 Å². The molecule has 20 heavy (non-hydrogen) atoms. The van der Waals surface area contributed by atoms with E-state index >= 15 is 0 Å². The van der Waals surface area contributed by atoms with Crippen LogP contribution in [0.2, 0.25) is 0 Å². The molecule has 1 unspecified atom stereocenters. The Balaban J connectivity index is 2.01. The number of nitrogens with zero attached hydrogens (tertiary/aromatic N) is 1. The van der Waals surface area contributed by atoms with Gasteiger partial charge < -0.3 is 15.6 Å². The van der Waals surface area contributed by atoms with Crippen molar-refractivity contribution in [3.63, 3.8) is 0 Å². The Kier molecular flexibility index (Phi) is 5.83. The van der Waals surface area contributed by atoms with E-state index in [0.29, 0.717) is 19.2 Å². The van der Waals surface area contributed by atoms with Gasteiger partial charge in [0.2, 0.25) is 0 Å². The average molecular weight is 278 g/mol. The predicted octanol–water partition coefficient (Wildman–Crippen LogP) is 1.89. The van der Waals surface area contributed by atoms with Crippen molar-refractivity contribution in [1.29, 1.82) is 0 Å². The number of aliphatic hydroxyl groups is 1. The first kappa shape index (κ1) is 15.3. The number of hydrogen-bond acceptors (Lipinski definition) is 4. The summed E-state index contributed by atoms with van der Waals surface area (Å²) >= 11 is 0. The first-order valence-corrected chi connectivity index (χ1v) is 7.49. The normalized spacial score (nSPS) is 19.4. The minimum Gasteiger partial charge on any atom is -0.496 e. The minimum atomic E-state index is 0.295. The number of hydrogen-bond donors (Lipinski definition) is 2. The molecule has 0 aliphatic carbocycles. The van der Waals surface area contributed by atoms with Crippen molar-refractivity contribution in [3.05, 3.63) is 29.3 Å². The molecule has 0 saturated carbocycles. The van der Waals surface area contributed by atoms with Crippen molar-refractivity contribution >= 4 is 0 Å². The molecule has 1 aromatic rings. The van der Waals surface area contributed by atoms with Crippen LogP contribution in [0.25, 0.3) is 0 Å². The molecule has 0 amide bonds. The Labute approximate surface area is 121 Å². The van der Waals surface area contributed by atoms with Gasteiger partial charge in [0.25, 0.3) is 0 Å². The maximum absolute atomic E-state index is 8.98. The summed E-state index contributed by atoms with van der Waals surface area (Å²) in [5, 5.41) is 8.98. The van der Waals surface area contributed by atoms with Crippen LogP contribution in [0.5, 0.6) is 5.75 Å². The van der Waals surface area contributed by atoms with Gasteiger partial charge in [0.15, 0.2) is 0 Å². The first-order chi connectivity index (χ1) is 9.78. The molecule has 1 aromatic carbocycles. The highest BCUT2D eigenvalue weighted by Crippen LogP contribution is 2.26. The molecule has 1 saturated heterocycles. The van der Waals surface area contributed by atoms with Gasteiger partial charge in [0.05, 0.1) is 7.11 Å². The molecule has 1 heterocycles. The van der Waals surface area contributed by atoms with Crippen LogP contribution in [0, 0.1) is 0 Å². The smallest absolute Gasteiger partial charge is 0.123 e. The second-order valence-electron chi connectivity index (χ2n) is 5.48. The molecule has 1 atom stereocenters. The van der Waals surface area contributed by atoms with Crippen molar-refractivity contribution in [2.75, 3.05) is 20.3 Å². The van der Waals surface area contributed by atoms with Crippen molar-refractivity contribution < 1.29 is 9.84 Å². The summed E-state index contributed by atoms with van der Waals surface area (Å²) in [6.45, 7) is 2.91. The molecule has 0 spiro atoms. The molecule has 0 radical (unpaired) electrons. The topological polar surface area (TPSA) is 58.7 Å². The fourth-order valence-electron chi connectivity index (χ4n) is 3.05. The second kappa shape index (κ2) is 7.62. The standard InChI is InChI=1S/C16H26N2O2/c1-20-16-10-13(6-7-14(16)11-17)12-18-8-2-4-15(18)5-3-9-19/h6-7,10,15,19H,2-5,8-9,11-12,17H2,1H3. The van der Waals surface area contributed by atoms with E-state index in [1.54, 1.807) is 7.11 Å². The highest BCUT2D eigenvalue weighted by molar-refractivity contribution is 5.37. The van der Waals surface area contributed by atoms with Crippen LogP contribution in [-0.4, -0.2) is 36.3 Å². The van der Waals surface area contributed by atoms with E-state index in [-0.39, 0.29) is 0 Å². The van der Waals surface area contributed by atoms with Crippen LogP contribution < -0.4 is 10.5 Å². The van der Waals surface area contributed by atoms with Gasteiger partial charge in [-0.3, -0.25) is 4.90 Å². The van der Waals surface area contributed by atoms with E-state index in [4.69, 9.17) is 15.6 Å². The number of ether oxygens (including phenoxy) is 1. The molecule has 1 fully saturated rings. The van der Waals surface area contributed by atoms with E-state index in [1.807, 2.05) is 0 Å². The van der Waals surface area contributed by atoms with E-state index in [9.17, 15) is 0 Å². The molecule has 4 nitrogen and oxygen atoms in total. The number of methoxy groups -OCH3 is 1. The fraction of sp³-hybridized carbons (Fsp3) is 0.625. The van der Waals surface area contributed by atoms with E-state index in [0.717, 1.165) is 37.2 Å². The molecular weight excluding hydrogens is 252 g/mol. The number of likely N-dealkylation sites (tertiary alicyclic amines) is 1. The van der Waals surface area contributed by atoms with Crippen molar-refractivity contribution in [1.82, 2.24) is 4.90 Å². The quantitative estimate of drug-likeness (QED) is 0.799. The summed E-state index contributed by atoms with van der Waals surface area (Å²) < 4.78 is 5.40. The third kappa shape index (κ3) is 3.72. The summed E-state index contributed by atoms with van der Waals surface area (Å²) in [4.78, 5) is 2.52. The predicted molar refractivity (Wildman–Crippen MR) is 80.6 cm³/mol. The molecule has 0 bridgehead atoms.